The third-order valence-corrected chi connectivity index (χ3v) is 5.15. The first-order chi connectivity index (χ1) is 13.7. The monoisotopic (exact) mass is 395 g/mol. The van der Waals surface area contributed by atoms with Gasteiger partial charge in [-0.2, -0.15) is 4.98 Å². The van der Waals surface area contributed by atoms with Gasteiger partial charge >= 0.3 is 5.69 Å². The van der Waals surface area contributed by atoms with Gasteiger partial charge < -0.3 is 4.74 Å². The second-order valence-corrected chi connectivity index (χ2v) is 7.89. The smallest absolute Gasteiger partial charge is 0.332 e. The fraction of sp³-hybridized carbons (Fsp3) is 0.381. The van der Waals surface area contributed by atoms with Gasteiger partial charge in [-0.05, 0) is 37.5 Å². The van der Waals surface area contributed by atoms with E-state index in [1.165, 1.54) is 9.13 Å². The molecule has 8 heteroatoms. The number of ether oxygens (including phenoxy) is 1. The minimum Gasteiger partial charge on any atom is -0.495 e. The summed E-state index contributed by atoms with van der Waals surface area (Å²) in [5, 5.41) is 0. The number of benzene rings is 1. The van der Waals surface area contributed by atoms with E-state index in [1.807, 2.05) is 56.7 Å². The van der Waals surface area contributed by atoms with Crippen LogP contribution in [0.15, 0.2) is 34.0 Å². The third-order valence-electron chi connectivity index (χ3n) is 5.15. The summed E-state index contributed by atoms with van der Waals surface area (Å²) in [6.07, 6.45) is 1.87. The molecule has 1 aromatic carbocycles. The Morgan fingerprint density at radius 1 is 1.17 bits per heavy atom. The zero-order valence-electron chi connectivity index (χ0n) is 17.6. The van der Waals surface area contributed by atoms with E-state index < -0.39 is 0 Å². The molecule has 0 radical (unpaired) electrons. The number of aromatic nitrogens is 5. The van der Waals surface area contributed by atoms with Crippen molar-refractivity contribution in [1.29, 1.82) is 0 Å². The second-order valence-electron chi connectivity index (χ2n) is 7.89. The quantitative estimate of drug-likeness (QED) is 0.532. The highest BCUT2D eigenvalue weighted by Crippen LogP contribution is 2.28. The molecule has 152 valence electrons. The maximum atomic E-state index is 13.2. The van der Waals surface area contributed by atoms with Gasteiger partial charge in [-0.15, -0.1) is 0 Å². The van der Waals surface area contributed by atoms with Crippen LogP contribution in [-0.4, -0.2) is 30.2 Å². The van der Waals surface area contributed by atoms with Gasteiger partial charge in [0.05, 0.1) is 12.8 Å². The number of methoxy groups -OCH3 is 1. The summed E-state index contributed by atoms with van der Waals surface area (Å²) < 4.78 is 12.0. The molecule has 29 heavy (non-hydrogen) atoms. The minimum atomic E-state index is -0.353. The van der Waals surface area contributed by atoms with E-state index in [0.29, 0.717) is 29.2 Å². The molecular formula is C21H25N5O3. The van der Waals surface area contributed by atoms with Crippen LogP contribution in [0, 0.1) is 19.8 Å². The van der Waals surface area contributed by atoms with Crippen LogP contribution in [0.4, 0.5) is 0 Å². The van der Waals surface area contributed by atoms with Crippen molar-refractivity contribution in [3.05, 3.63) is 56.5 Å². The first kappa shape index (κ1) is 19.0. The summed E-state index contributed by atoms with van der Waals surface area (Å²) in [6, 6.07) is 5.91. The van der Waals surface area contributed by atoms with Gasteiger partial charge in [0.25, 0.3) is 5.56 Å². The number of aryl methyl sites for hydroxylation is 3. The molecular weight excluding hydrogens is 370 g/mol. The molecule has 0 fully saturated rings. The Balaban J connectivity index is 2.13. The van der Waals surface area contributed by atoms with E-state index in [9.17, 15) is 9.59 Å². The number of fused-ring (bicyclic) bond motifs is 3. The lowest BCUT2D eigenvalue weighted by molar-refractivity contribution is 0.413. The largest absolute Gasteiger partial charge is 0.495 e. The number of imidazole rings is 2. The topological polar surface area (TPSA) is 75.5 Å². The fourth-order valence-corrected chi connectivity index (χ4v) is 3.81. The van der Waals surface area contributed by atoms with Gasteiger partial charge in [0, 0.05) is 25.5 Å². The molecule has 0 bridgehead atoms. The lowest BCUT2D eigenvalue weighted by atomic mass is 10.2. The van der Waals surface area contributed by atoms with E-state index in [4.69, 9.17) is 4.74 Å². The van der Waals surface area contributed by atoms with E-state index in [2.05, 4.69) is 4.98 Å². The normalized spacial score (nSPS) is 11.8. The van der Waals surface area contributed by atoms with E-state index in [1.54, 1.807) is 18.6 Å². The van der Waals surface area contributed by atoms with Crippen LogP contribution in [0.25, 0.3) is 22.6 Å². The highest BCUT2D eigenvalue weighted by Gasteiger charge is 2.22. The van der Waals surface area contributed by atoms with Gasteiger partial charge in [-0.3, -0.25) is 22.9 Å². The molecule has 4 rings (SSSR count). The Bertz CT molecular complexity index is 1370. The predicted octanol–water partition coefficient (Wildman–Crippen LogP) is 2.42. The molecule has 0 spiro atoms. The van der Waals surface area contributed by atoms with E-state index in [-0.39, 0.29) is 17.2 Å². The minimum absolute atomic E-state index is 0.171. The molecule has 0 amide bonds. The highest BCUT2D eigenvalue weighted by molar-refractivity contribution is 5.76. The van der Waals surface area contributed by atoms with Crippen LogP contribution >= 0.6 is 0 Å². The Labute approximate surface area is 167 Å². The predicted molar refractivity (Wildman–Crippen MR) is 112 cm³/mol. The molecule has 3 aromatic heterocycles. The summed E-state index contributed by atoms with van der Waals surface area (Å²) in [6.45, 7) is 8.28. The zero-order chi connectivity index (χ0) is 21.0. The first-order valence-electron chi connectivity index (χ1n) is 9.59. The van der Waals surface area contributed by atoms with Crippen LogP contribution in [0.3, 0.4) is 0 Å². The van der Waals surface area contributed by atoms with Gasteiger partial charge in [0.2, 0.25) is 5.78 Å². The van der Waals surface area contributed by atoms with Crippen LogP contribution in [-0.2, 0) is 13.6 Å². The van der Waals surface area contributed by atoms with Crippen molar-refractivity contribution in [3.8, 4) is 11.4 Å². The Kier molecular flexibility index (Phi) is 4.37. The molecule has 8 nitrogen and oxygen atoms in total. The lowest BCUT2D eigenvalue weighted by Crippen LogP contribution is -2.40. The average Bonchev–Trinajstić information content (AvgIpc) is 3.17. The van der Waals surface area contributed by atoms with Crippen molar-refractivity contribution in [2.45, 2.75) is 34.2 Å². The van der Waals surface area contributed by atoms with E-state index in [0.717, 1.165) is 16.9 Å². The molecule has 0 saturated carbocycles. The van der Waals surface area contributed by atoms with Gasteiger partial charge in [-0.25, -0.2) is 4.79 Å². The number of rotatable bonds is 4. The van der Waals surface area contributed by atoms with Crippen LogP contribution in [0.2, 0.25) is 0 Å². The zero-order valence-corrected chi connectivity index (χ0v) is 17.6. The maximum Gasteiger partial charge on any atom is 0.332 e. The van der Waals surface area contributed by atoms with Gasteiger partial charge in [0.1, 0.15) is 5.75 Å². The van der Waals surface area contributed by atoms with Gasteiger partial charge in [0.15, 0.2) is 11.2 Å². The molecule has 0 N–H and O–H groups in total. The van der Waals surface area contributed by atoms with Crippen LogP contribution in [0.5, 0.6) is 5.75 Å². The van der Waals surface area contributed by atoms with Crippen molar-refractivity contribution in [3.63, 3.8) is 0 Å². The Hall–Kier alpha value is -3.29. The molecule has 0 atom stereocenters. The van der Waals surface area contributed by atoms with E-state index >= 15 is 0 Å². The fourth-order valence-electron chi connectivity index (χ4n) is 3.81. The lowest BCUT2D eigenvalue weighted by Gasteiger charge is -2.12. The van der Waals surface area contributed by atoms with Crippen LogP contribution < -0.4 is 16.0 Å². The number of hydrogen-bond acceptors (Lipinski definition) is 4. The summed E-state index contributed by atoms with van der Waals surface area (Å²) in [7, 11) is 3.28. The summed E-state index contributed by atoms with van der Waals surface area (Å²) in [5.74, 6) is 1.44. The molecule has 4 aromatic rings. The number of hydrogen-bond donors (Lipinski definition) is 0. The maximum absolute atomic E-state index is 13.2. The summed E-state index contributed by atoms with van der Waals surface area (Å²) in [5.41, 5.74) is 2.91. The molecule has 0 unspecified atom stereocenters. The summed E-state index contributed by atoms with van der Waals surface area (Å²) in [4.78, 5) is 30.6. The van der Waals surface area contributed by atoms with Crippen molar-refractivity contribution >= 4 is 16.9 Å². The third kappa shape index (κ3) is 2.78. The molecule has 0 aliphatic carbocycles. The SMILES string of the molecule is COc1ccc(C)cc1-n1c(C)cn2c3c(=O)n(CC(C)C)c(=O)n(C)c3nc12. The van der Waals surface area contributed by atoms with Crippen LogP contribution in [0.1, 0.15) is 25.1 Å². The molecule has 3 heterocycles. The van der Waals surface area contributed by atoms with Crippen molar-refractivity contribution in [2.24, 2.45) is 13.0 Å². The van der Waals surface area contributed by atoms with Crippen molar-refractivity contribution in [2.75, 3.05) is 7.11 Å². The standard InChI is InChI=1S/C21H25N5O3/c1-12(2)10-25-19(27)17-18(23(5)21(25)28)22-20-24(17)11-14(4)26(20)15-9-13(3)7-8-16(15)29-6/h7-9,11-12H,10H2,1-6H3. The average molecular weight is 395 g/mol. The second kappa shape index (κ2) is 6.65. The van der Waals surface area contributed by atoms with Crippen molar-refractivity contribution in [1.82, 2.24) is 23.1 Å². The highest BCUT2D eigenvalue weighted by atomic mass is 16.5. The Morgan fingerprint density at radius 3 is 2.55 bits per heavy atom. The molecule has 0 aliphatic rings. The molecule has 0 saturated heterocycles. The molecule has 0 aliphatic heterocycles. The van der Waals surface area contributed by atoms with Gasteiger partial charge in [-0.1, -0.05) is 19.9 Å². The summed E-state index contributed by atoms with van der Waals surface area (Å²) >= 11 is 0. The number of nitrogens with zero attached hydrogens (tertiary/aromatic N) is 5. The van der Waals surface area contributed by atoms with Crippen molar-refractivity contribution < 1.29 is 4.74 Å². The first-order valence-corrected chi connectivity index (χ1v) is 9.59. The Morgan fingerprint density at radius 2 is 1.90 bits per heavy atom.